The van der Waals surface area contributed by atoms with Gasteiger partial charge in [-0.3, -0.25) is 9.69 Å². The van der Waals surface area contributed by atoms with Crippen LogP contribution < -0.4 is 5.11 Å². The average Bonchev–Trinajstić information content (AvgIpc) is 2.49. The molecule has 0 bridgehead atoms. The van der Waals surface area contributed by atoms with E-state index in [1.54, 1.807) is 0 Å². The lowest BCUT2D eigenvalue weighted by Crippen LogP contribution is -2.65. The molecule has 0 saturated carbocycles. The van der Waals surface area contributed by atoms with Gasteiger partial charge in [0.15, 0.2) is 6.23 Å². The largest absolute Gasteiger partial charge is 0.547 e. The quantitative estimate of drug-likeness (QED) is 0.619. The second-order valence-electron chi connectivity index (χ2n) is 4.19. The van der Waals surface area contributed by atoms with Crippen LogP contribution in [0.1, 0.15) is 26.2 Å². The number of aliphatic carboxylic acids is 1. The first kappa shape index (κ1) is 11.9. The number of aliphatic hydroxyl groups excluding tert-OH is 1. The van der Waals surface area contributed by atoms with Gasteiger partial charge in [-0.15, -0.1) is 0 Å². The molecule has 0 aromatic rings. The molecule has 6 nitrogen and oxygen atoms in total. The third-order valence-electron chi connectivity index (χ3n) is 3.21. The van der Waals surface area contributed by atoms with E-state index < -0.39 is 17.7 Å². The third-order valence-corrected chi connectivity index (χ3v) is 3.21. The van der Waals surface area contributed by atoms with Crippen LogP contribution in [0.15, 0.2) is 11.8 Å². The van der Waals surface area contributed by atoms with E-state index in [0.717, 1.165) is 0 Å². The molecule has 1 N–H and O–H groups in total. The number of amides is 1. The summed E-state index contributed by atoms with van der Waals surface area (Å²) < 4.78 is 5.39. The van der Waals surface area contributed by atoms with Crippen LogP contribution in [0.5, 0.6) is 0 Å². The van der Waals surface area contributed by atoms with E-state index in [0.29, 0.717) is 6.42 Å². The van der Waals surface area contributed by atoms with Gasteiger partial charge in [-0.2, -0.15) is 0 Å². The molecule has 17 heavy (non-hydrogen) atoms. The van der Waals surface area contributed by atoms with Gasteiger partial charge in [0.25, 0.3) is 0 Å². The molecule has 94 valence electrons. The van der Waals surface area contributed by atoms with Crippen molar-refractivity contribution in [2.75, 3.05) is 6.61 Å². The molecule has 2 aliphatic heterocycles. The molecule has 0 aliphatic carbocycles. The Labute approximate surface area is 98.5 Å². The van der Waals surface area contributed by atoms with Gasteiger partial charge in [0.1, 0.15) is 11.3 Å². The fourth-order valence-electron chi connectivity index (χ4n) is 2.51. The van der Waals surface area contributed by atoms with E-state index in [2.05, 4.69) is 0 Å². The van der Waals surface area contributed by atoms with Gasteiger partial charge in [-0.05, 0) is 12.5 Å². The number of carboxylic acid groups (broad SMARTS) is 1. The predicted octanol–water partition coefficient (Wildman–Crippen LogP) is -1.26. The van der Waals surface area contributed by atoms with Crippen molar-refractivity contribution in [1.29, 1.82) is 0 Å². The molecule has 0 spiro atoms. The summed E-state index contributed by atoms with van der Waals surface area (Å²) in [5, 5.41) is 20.3. The van der Waals surface area contributed by atoms with Crippen LogP contribution >= 0.6 is 0 Å². The Bertz CT molecular complexity index is 391. The number of carboxylic acids is 1. The molecular weight excluding hydrogens is 226 g/mol. The van der Waals surface area contributed by atoms with Crippen LogP contribution in [0.2, 0.25) is 0 Å². The van der Waals surface area contributed by atoms with Crippen LogP contribution in [0.25, 0.3) is 0 Å². The summed E-state index contributed by atoms with van der Waals surface area (Å²) in [6, 6.07) is 0. The number of β-lactam (4-membered cyclic amide) rings is 1. The Morgan fingerprint density at radius 2 is 2.47 bits per heavy atom. The molecule has 0 aromatic heterocycles. The number of fused-ring (bicyclic) bond motifs is 1. The Hall–Kier alpha value is -1.56. The van der Waals surface area contributed by atoms with E-state index >= 15 is 0 Å². The predicted molar refractivity (Wildman–Crippen MR) is 54.2 cm³/mol. The highest BCUT2D eigenvalue weighted by molar-refractivity contribution is 5.93. The molecule has 6 heteroatoms. The maximum atomic E-state index is 11.5. The Morgan fingerprint density at radius 3 is 2.94 bits per heavy atom. The molecule has 1 amide bonds. The van der Waals surface area contributed by atoms with Crippen molar-refractivity contribution < 1.29 is 24.5 Å². The van der Waals surface area contributed by atoms with Crippen LogP contribution in [-0.4, -0.2) is 40.3 Å². The van der Waals surface area contributed by atoms with Crippen molar-refractivity contribution in [2.45, 2.75) is 38.0 Å². The standard InChI is InChI=1S/C11H15NO5/c1-2-4-11(10(15)16)7(3-5-13)17-9-6-8(14)12(9)11/h3,9,13H,2,4-6H2,1H3,(H,15,16)/p-1/b7-3-/t9-,11?/m1/s1. The first-order chi connectivity index (χ1) is 8.07. The second-order valence-corrected chi connectivity index (χ2v) is 4.19. The van der Waals surface area contributed by atoms with Gasteiger partial charge in [0, 0.05) is 0 Å². The number of carbonyl (C=O) groups excluding carboxylic acids is 2. The van der Waals surface area contributed by atoms with Crippen LogP contribution in [0, 0.1) is 0 Å². The minimum absolute atomic E-state index is 0.123. The van der Waals surface area contributed by atoms with Crippen molar-refractivity contribution >= 4 is 11.9 Å². The first-order valence-electron chi connectivity index (χ1n) is 5.59. The Balaban J connectivity index is 2.45. The molecule has 2 aliphatic rings. The van der Waals surface area contributed by atoms with Crippen molar-refractivity contribution in [3.05, 3.63) is 11.8 Å². The highest BCUT2D eigenvalue weighted by atomic mass is 16.5. The number of rotatable bonds is 4. The van der Waals surface area contributed by atoms with Crippen molar-refractivity contribution in [2.24, 2.45) is 0 Å². The molecule has 0 aromatic carbocycles. The summed E-state index contributed by atoms with van der Waals surface area (Å²) >= 11 is 0. The zero-order chi connectivity index (χ0) is 12.6. The molecule has 1 unspecified atom stereocenters. The second kappa shape index (κ2) is 4.03. The highest BCUT2D eigenvalue weighted by Crippen LogP contribution is 2.46. The van der Waals surface area contributed by atoms with E-state index in [1.165, 1.54) is 11.0 Å². The smallest absolute Gasteiger partial charge is 0.232 e. The van der Waals surface area contributed by atoms with Crippen molar-refractivity contribution in [3.63, 3.8) is 0 Å². The summed E-state index contributed by atoms with van der Waals surface area (Å²) in [5.41, 5.74) is -1.53. The number of aliphatic hydroxyl groups is 1. The highest BCUT2D eigenvalue weighted by Gasteiger charge is 2.60. The topological polar surface area (TPSA) is 89.9 Å². The number of ether oxygens (including phenoxy) is 1. The first-order valence-corrected chi connectivity index (χ1v) is 5.59. The molecular formula is C11H14NO5-. The summed E-state index contributed by atoms with van der Waals surface area (Å²) in [6.45, 7) is 1.49. The molecule has 2 rings (SSSR count). The maximum absolute atomic E-state index is 11.5. The minimum Gasteiger partial charge on any atom is -0.547 e. The normalized spacial score (nSPS) is 33.3. The van der Waals surface area contributed by atoms with Gasteiger partial charge >= 0.3 is 0 Å². The van der Waals surface area contributed by atoms with Gasteiger partial charge in [0.2, 0.25) is 5.91 Å². The van der Waals surface area contributed by atoms with E-state index in [9.17, 15) is 14.7 Å². The molecule has 0 radical (unpaired) electrons. The summed E-state index contributed by atoms with van der Waals surface area (Å²) in [5.74, 6) is -1.48. The zero-order valence-corrected chi connectivity index (χ0v) is 9.51. The van der Waals surface area contributed by atoms with Gasteiger partial charge in [0.05, 0.1) is 19.0 Å². The minimum atomic E-state index is -1.53. The number of nitrogens with zero attached hydrogens (tertiary/aromatic N) is 1. The Kier molecular flexibility index (Phi) is 2.82. The van der Waals surface area contributed by atoms with Crippen molar-refractivity contribution in [3.8, 4) is 0 Å². The van der Waals surface area contributed by atoms with Gasteiger partial charge in [-0.25, -0.2) is 0 Å². The fourth-order valence-corrected chi connectivity index (χ4v) is 2.51. The molecule has 2 heterocycles. The summed E-state index contributed by atoms with van der Waals surface area (Å²) in [7, 11) is 0. The molecule has 2 fully saturated rings. The number of hydrogen-bond acceptors (Lipinski definition) is 5. The lowest BCUT2D eigenvalue weighted by atomic mass is 9.87. The average molecular weight is 240 g/mol. The van der Waals surface area contributed by atoms with E-state index in [-0.39, 0.29) is 31.1 Å². The fraction of sp³-hybridized carbons (Fsp3) is 0.636. The Morgan fingerprint density at radius 1 is 1.76 bits per heavy atom. The van der Waals surface area contributed by atoms with Crippen LogP contribution in [-0.2, 0) is 14.3 Å². The van der Waals surface area contributed by atoms with Crippen LogP contribution in [0.3, 0.4) is 0 Å². The third kappa shape index (κ3) is 1.44. The summed E-state index contributed by atoms with van der Waals surface area (Å²) in [6.07, 6.45) is 1.74. The van der Waals surface area contributed by atoms with E-state index in [1.807, 2.05) is 6.92 Å². The van der Waals surface area contributed by atoms with Gasteiger partial charge < -0.3 is 19.7 Å². The van der Waals surface area contributed by atoms with Crippen LogP contribution in [0.4, 0.5) is 0 Å². The van der Waals surface area contributed by atoms with Gasteiger partial charge in [-0.1, -0.05) is 13.3 Å². The molecule has 2 saturated heterocycles. The number of carbonyl (C=O) groups is 2. The number of hydrogen-bond donors (Lipinski definition) is 1. The monoisotopic (exact) mass is 240 g/mol. The lowest BCUT2D eigenvalue weighted by molar-refractivity contribution is -0.317. The van der Waals surface area contributed by atoms with Crippen molar-refractivity contribution in [1.82, 2.24) is 4.90 Å². The zero-order valence-electron chi connectivity index (χ0n) is 9.51. The van der Waals surface area contributed by atoms with E-state index in [4.69, 9.17) is 9.84 Å². The SMILES string of the molecule is CCCC1(C(=O)[O-])/C(=C/CO)O[C@@H]2CC(=O)N21. The summed E-state index contributed by atoms with van der Waals surface area (Å²) in [4.78, 5) is 24.2. The molecule has 2 atom stereocenters. The maximum Gasteiger partial charge on any atom is 0.232 e. The lowest BCUT2D eigenvalue weighted by Gasteiger charge is -2.43.